The SMILES string of the molecule is CN=C(NCCc1cc(C)ccc1OC)N1CCC(OCCCOC)CC1.I. The first-order valence-corrected chi connectivity index (χ1v) is 9.87. The molecule has 0 aliphatic carbocycles. The van der Waals surface area contributed by atoms with Crippen molar-refractivity contribution < 1.29 is 14.2 Å². The number of likely N-dealkylation sites (tertiary alicyclic amines) is 1. The van der Waals surface area contributed by atoms with Crippen LogP contribution in [0.5, 0.6) is 5.75 Å². The number of methoxy groups -OCH3 is 2. The number of hydrogen-bond donors (Lipinski definition) is 1. The summed E-state index contributed by atoms with van der Waals surface area (Å²) in [4.78, 5) is 6.78. The van der Waals surface area contributed by atoms with Gasteiger partial charge in [-0.1, -0.05) is 17.7 Å². The topological polar surface area (TPSA) is 55.3 Å². The molecule has 1 aromatic carbocycles. The molecule has 0 saturated carbocycles. The zero-order valence-corrected chi connectivity index (χ0v) is 20.0. The second-order valence-electron chi connectivity index (χ2n) is 6.94. The standard InChI is InChI=1S/C21H35N3O3.HI/c1-17-6-7-20(26-4)18(16-17)8-11-23-21(22-2)24-12-9-19(10-13-24)27-15-5-14-25-3;/h6-7,16,19H,5,8-15H2,1-4H3,(H,22,23);1H. The predicted molar refractivity (Wildman–Crippen MR) is 125 cm³/mol. The molecule has 1 heterocycles. The largest absolute Gasteiger partial charge is 0.496 e. The second kappa shape index (κ2) is 14.0. The minimum absolute atomic E-state index is 0. The van der Waals surface area contributed by atoms with Crippen LogP contribution in [0.1, 0.15) is 30.4 Å². The molecule has 1 saturated heterocycles. The summed E-state index contributed by atoms with van der Waals surface area (Å²) in [6.45, 7) is 6.44. The van der Waals surface area contributed by atoms with E-state index in [0.29, 0.717) is 6.10 Å². The van der Waals surface area contributed by atoms with Crippen molar-refractivity contribution in [1.29, 1.82) is 0 Å². The van der Waals surface area contributed by atoms with E-state index in [1.807, 2.05) is 13.1 Å². The summed E-state index contributed by atoms with van der Waals surface area (Å²) in [5.74, 6) is 1.92. The highest BCUT2D eigenvalue weighted by Gasteiger charge is 2.21. The minimum atomic E-state index is 0. The van der Waals surface area contributed by atoms with Crippen molar-refractivity contribution in [2.75, 3.05) is 54.1 Å². The Hall–Kier alpha value is -1.06. The lowest BCUT2D eigenvalue weighted by molar-refractivity contribution is 0.00992. The Bertz CT molecular complexity index is 590. The number of hydrogen-bond acceptors (Lipinski definition) is 4. The minimum Gasteiger partial charge on any atom is -0.496 e. The van der Waals surface area contributed by atoms with Crippen molar-refractivity contribution in [3.05, 3.63) is 29.3 Å². The van der Waals surface area contributed by atoms with Gasteiger partial charge in [0.1, 0.15) is 5.75 Å². The number of benzene rings is 1. The number of aryl methyl sites for hydroxylation is 1. The van der Waals surface area contributed by atoms with Gasteiger partial charge in [0.05, 0.1) is 13.2 Å². The first-order chi connectivity index (χ1) is 13.2. The average molecular weight is 505 g/mol. The third kappa shape index (κ3) is 8.13. The van der Waals surface area contributed by atoms with Crippen molar-refractivity contribution in [3.63, 3.8) is 0 Å². The number of guanidine groups is 1. The van der Waals surface area contributed by atoms with Gasteiger partial charge < -0.3 is 24.4 Å². The van der Waals surface area contributed by atoms with Crippen LogP contribution in [0.4, 0.5) is 0 Å². The molecule has 7 heteroatoms. The Morgan fingerprint density at radius 1 is 1.21 bits per heavy atom. The van der Waals surface area contributed by atoms with E-state index in [1.54, 1.807) is 14.2 Å². The van der Waals surface area contributed by atoms with Gasteiger partial charge in [-0.05, 0) is 44.2 Å². The summed E-state index contributed by atoms with van der Waals surface area (Å²) < 4.78 is 16.5. The molecule has 1 aromatic rings. The van der Waals surface area contributed by atoms with E-state index < -0.39 is 0 Å². The van der Waals surface area contributed by atoms with Gasteiger partial charge in [0.2, 0.25) is 0 Å². The van der Waals surface area contributed by atoms with Gasteiger partial charge >= 0.3 is 0 Å². The van der Waals surface area contributed by atoms with Gasteiger partial charge in [0.25, 0.3) is 0 Å². The lowest BCUT2D eigenvalue weighted by atomic mass is 10.1. The van der Waals surface area contributed by atoms with Crippen LogP contribution in [0, 0.1) is 6.92 Å². The highest BCUT2D eigenvalue weighted by atomic mass is 127. The van der Waals surface area contributed by atoms with Crippen molar-refractivity contribution in [3.8, 4) is 5.75 Å². The molecule has 160 valence electrons. The Morgan fingerprint density at radius 3 is 2.61 bits per heavy atom. The van der Waals surface area contributed by atoms with E-state index >= 15 is 0 Å². The molecule has 0 unspecified atom stereocenters. The summed E-state index contributed by atoms with van der Waals surface area (Å²) in [5, 5.41) is 3.50. The summed E-state index contributed by atoms with van der Waals surface area (Å²) >= 11 is 0. The molecule has 1 N–H and O–H groups in total. The van der Waals surface area contributed by atoms with Gasteiger partial charge in [-0.3, -0.25) is 4.99 Å². The maximum absolute atomic E-state index is 5.94. The smallest absolute Gasteiger partial charge is 0.193 e. The van der Waals surface area contributed by atoms with E-state index in [1.165, 1.54) is 11.1 Å². The third-order valence-electron chi connectivity index (χ3n) is 4.91. The number of ether oxygens (including phenoxy) is 3. The monoisotopic (exact) mass is 505 g/mol. The molecule has 0 amide bonds. The summed E-state index contributed by atoms with van der Waals surface area (Å²) in [7, 11) is 5.30. The Morgan fingerprint density at radius 2 is 1.96 bits per heavy atom. The van der Waals surface area contributed by atoms with Gasteiger partial charge in [-0.25, -0.2) is 0 Å². The number of piperidine rings is 1. The van der Waals surface area contributed by atoms with Crippen LogP contribution >= 0.6 is 24.0 Å². The second-order valence-corrected chi connectivity index (χ2v) is 6.94. The lowest BCUT2D eigenvalue weighted by Gasteiger charge is -2.34. The zero-order valence-electron chi connectivity index (χ0n) is 17.7. The fourth-order valence-corrected chi connectivity index (χ4v) is 3.43. The van der Waals surface area contributed by atoms with E-state index in [9.17, 15) is 0 Å². The average Bonchev–Trinajstić information content (AvgIpc) is 2.69. The quantitative estimate of drug-likeness (QED) is 0.242. The molecule has 0 radical (unpaired) electrons. The fraction of sp³-hybridized carbons (Fsp3) is 0.667. The first kappa shape index (κ1) is 25.0. The van der Waals surface area contributed by atoms with E-state index in [4.69, 9.17) is 14.2 Å². The van der Waals surface area contributed by atoms with Gasteiger partial charge in [0, 0.05) is 47.0 Å². The fourth-order valence-electron chi connectivity index (χ4n) is 3.43. The van der Waals surface area contributed by atoms with Crippen LogP contribution in [0.2, 0.25) is 0 Å². The summed E-state index contributed by atoms with van der Waals surface area (Å²) in [5.41, 5.74) is 2.48. The maximum Gasteiger partial charge on any atom is 0.193 e. The molecule has 2 rings (SSSR count). The van der Waals surface area contributed by atoms with E-state index in [0.717, 1.165) is 70.2 Å². The number of halogens is 1. The van der Waals surface area contributed by atoms with Gasteiger partial charge in [-0.2, -0.15) is 0 Å². The summed E-state index contributed by atoms with van der Waals surface area (Å²) in [6.07, 6.45) is 4.30. The molecule has 1 aliphatic heterocycles. The molecule has 0 atom stereocenters. The number of aliphatic imine (C=N–C) groups is 1. The molecule has 0 bridgehead atoms. The number of nitrogens with one attached hydrogen (secondary N) is 1. The van der Waals surface area contributed by atoms with Crippen molar-refractivity contribution in [2.24, 2.45) is 4.99 Å². The molecule has 1 aliphatic rings. The Kier molecular flexibility index (Phi) is 12.5. The van der Waals surface area contributed by atoms with Crippen LogP contribution in [-0.4, -0.2) is 71.1 Å². The zero-order chi connectivity index (χ0) is 19.5. The molecule has 6 nitrogen and oxygen atoms in total. The third-order valence-corrected chi connectivity index (χ3v) is 4.91. The molecular formula is C21H36IN3O3. The Labute approximate surface area is 187 Å². The van der Waals surface area contributed by atoms with Gasteiger partial charge in [-0.15, -0.1) is 24.0 Å². The predicted octanol–water partition coefficient (Wildman–Crippen LogP) is 3.26. The van der Waals surface area contributed by atoms with Gasteiger partial charge in [0.15, 0.2) is 5.96 Å². The number of nitrogens with zero attached hydrogens (tertiary/aromatic N) is 2. The Balaban J connectivity index is 0.00000392. The summed E-state index contributed by atoms with van der Waals surface area (Å²) in [6, 6.07) is 6.31. The van der Waals surface area contributed by atoms with Crippen LogP contribution < -0.4 is 10.1 Å². The molecule has 0 aromatic heterocycles. The van der Waals surface area contributed by atoms with Crippen molar-refractivity contribution in [2.45, 2.75) is 38.7 Å². The van der Waals surface area contributed by atoms with Crippen LogP contribution in [0.25, 0.3) is 0 Å². The van der Waals surface area contributed by atoms with Crippen LogP contribution in [0.15, 0.2) is 23.2 Å². The lowest BCUT2D eigenvalue weighted by Crippen LogP contribution is -2.47. The first-order valence-electron chi connectivity index (χ1n) is 9.87. The molecule has 0 spiro atoms. The van der Waals surface area contributed by atoms with Crippen molar-refractivity contribution >= 4 is 29.9 Å². The van der Waals surface area contributed by atoms with E-state index in [2.05, 4.69) is 34.3 Å². The highest BCUT2D eigenvalue weighted by Crippen LogP contribution is 2.20. The maximum atomic E-state index is 5.94. The van der Waals surface area contributed by atoms with E-state index in [-0.39, 0.29) is 24.0 Å². The molecular weight excluding hydrogens is 469 g/mol. The van der Waals surface area contributed by atoms with Crippen LogP contribution in [-0.2, 0) is 15.9 Å². The normalized spacial score (nSPS) is 15.3. The molecule has 1 fully saturated rings. The highest BCUT2D eigenvalue weighted by molar-refractivity contribution is 14.0. The van der Waals surface area contributed by atoms with Crippen molar-refractivity contribution in [1.82, 2.24) is 10.2 Å². The number of rotatable bonds is 9. The molecule has 28 heavy (non-hydrogen) atoms. The van der Waals surface area contributed by atoms with Crippen LogP contribution in [0.3, 0.4) is 0 Å².